The molecule has 0 bridgehead atoms. The van der Waals surface area contributed by atoms with Gasteiger partial charge in [-0.3, -0.25) is 14.4 Å². The van der Waals surface area contributed by atoms with Gasteiger partial charge in [-0.05, 0) is 56.6 Å². The highest BCUT2D eigenvalue weighted by Gasteiger charge is 2.23. The Morgan fingerprint density at radius 2 is 1.97 bits per heavy atom. The lowest BCUT2D eigenvalue weighted by atomic mass is 10.2. The van der Waals surface area contributed by atoms with Crippen LogP contribution >= 0.6 is 0 Å². The van der Waals surface area contributed by atoms with Gasteiger partial charge < -0.3 is 15.4 Å². The lowest BCUT2D eigenvalue weighted by Gasteiger charge is -2.24. The van der Waals surface area contributed by atoms with E-state index in [1.165, 1.54) is 53.3 Å². The number of aromatic nitrogens is 4. The molecule has 0 aliphatic carbocycles. The average molecular weight is 508 g/mol. The number of likely N-dealkylation sites (tertiary alicyclic amines) is 1. The van der Waals surface area contributed by atoms with Crippen LogP contribution in [-0.2, 0) is 11.3 Å². The number of nitrogens with two attached hydrogens (primary N) is 1. The summed E-state index contributed by atoms with van der Waals surface area (Å²) in [5, 5.41) is 4.73. The molecule has 0 saturated carbocycles. The molecule has 1 saturated heterocycles. The minimum absolute atomic E-state index is 0.0686. The molecule has 5 rings (SSSR count). The van der Waals surface area contributed by atoms with Crippen molar-refractivity contribution in [3.63, 3.8) is 0 Å². The van der Waals surface area contributed by atoms with E-state index in [1.807, 2.05) is 6.07 Å². The average Bonchev–Trinajstić information content (AvgIpc) is 3.57. The molecule has 9 nitrogen and oxygen atoms in total. The highest BCUT2D eigenvalue weighted by molar-refractivity contribution is 5.95. The molecular weight excluding hydrogens is 480 g/mol. The van der Waals surface area contributed by atoms with Gasteiger partial charge >= 0.3 is 0 Å². The van der Waals surface area contributed by atoms with Crippen molar-refractivity contribution in [2.24, 2.45) is 5.73 Å². The molecule has 1 amide bonds. The monoisotopic (exact) mass is 507 g/mol. The van der Waals surface area contributed by atoms with Crippen molar-refractivity contribution in [1.82, 2.24) is 24.6 Å². The Hall–Kier alpha value is -4.12. The first-order valence-electron chi connectivity index (χ1n) is 12.1. The van der Waals surface area contributed by atoms with E-state index in [-0.39, 0.29) is 12.2 Å². The third-order valence-corrected chi connectivity index (χ3v) is 6.25. The standard InChI is InChI=1S/C26H27F2N7O2/c27-21-5-3-6-23(25(21)28)35(18-14-32-34(15-18)16-24(29)36)26-20-8-7-19(13-22(20)30-17-31-26)37-12-4-11-33-9-1-2-10-33/h3,5-8,13-15,17H,1-2,4,9-12,16H2,(H2,29,36). The van der Waals surface area contributed by atoms with E-state index in [9.17, 15) is 9.18 Å². The van der Waals surface area contributed by atoms with Crippen molar-refractivity contribution >= 4 is 34.0 Å². The van der Waals surface area contributed by atoms with E-state index >= 15 is 4.39 Å². The number of carbonyl (C=O) groups is 1. The first-order chi connectivity index (χ1) is 18.0. The van der Waals surface area contributed by atoms with Crippen LogP contribution in [0.5, 0.6) is 5.75 Å². The molecule has 1 fully saturated rings. The fourth-order valence-electron chi connectivity index (χ4n) is 4.53. The van der Waals surface area contributed by atoms with Crippen LogP contribution in [0.15, 0.2) is 55.1 Å². The Bertz CT molecular complexity index is 1400. The van der Waals surface area contributed by atoms with Gasteiger partial charge in [0, 0.05) is 24.2 Å². The summed E-state index contributed by atoms with van der Waals surface area (Å²) in [6.45, 7) is 3.73. The van der Waals surface area contributed by atoms with E-state index in [2.05, 4.69) is 20.0 Å². The van der Waals surface area contributed by atoms with Crippen LogP contribution < -0.4 is 15.4 Å². The third-order valence-electron chi connectivity index (χ3n) is 6.25. The normalized spacial score (nSPS) is 13.8. The Labute approximate surface area is 212 Å². The number of ether oxygens (including phenoxy) is 1. The summed E-state index contributed by atoms with van der Waals surface area (Å²) < 4.78 is 36.5. The van der Waals surface area contributed by atoms with E-state index in [4.69, 9.17) is 10.5 Å². The second-order valence-corrected chi connectivity index (χ2v) is 8.90. The van der Waals surface area contributed by atoms with Crippen LogP contribution in [-0.4, -0.2) is 56.8 Å². The van der Waals surface area contributed by atoms with Gasteiger partial charge in [-0.2, -0.15) is 5.10 Å². The molecule has 37 heavy (non-hydrogen) atoms. The summed E-state index contributed by atoms with van der Waals surface area (Å²) >= 11 is 0. The third kappa shape index (κ3) is 5.51. The molecule has 2 N–H and O–H groups in total. The van der Waals surface area contributed by atoms with E-state index in [0.29, 0.717) is 34.8 Å². The zero-order chi connectivity index (χ0) is 25.8. The minimum atomic E-state index is -1.05. The van der Waals surface area contributed by atoms with Crippen molar-refractivity contribution in [2.75, 3.05) is 31.1 Å². The molecule has 1 aliphatic heterocycles. The van der Waals surface area contributed by atoms with Crippen molar-refractivity contribution in [3.05, 3.63) is 66.8 Å². The van der Waals surface area contributed by atoms with Gasteiger partial charge in [-0.15, -0.1) is 0 Å². The second-order valence-electron chi connectivity index (χ2n) is 8.90. The SMILES string of the molecule is NC(=O)Cn1cc(N(c2cccc(F)c2F)c2ncnc3cc(OCCCN4CCCC4)ccc23)cn1. The number of benzene rings is 2. The molecule has 3 heterocycles. The van der Waals surface area contributed by atoms with Crippen LogP contribution in [0.3, 0.4) is 0 Å². The van der Waals surface area contributed by atoms with E-state index in [1.54, 1.807) is 12.1 Å². The fraction of sp³-hybridized carbons (Fsp3) is 0.308. The summed E-state index contributed by atoms with van der Waals surface area (Å²) in [4.78, 5) is 24.0. The molecule has 2 aromatic heterocycles. The number of hydrogen-bond acceptors (Lipinski definition) is 7. The Kier molecular flexibility index (Phi) is 7.22. The molecule has 2 aromatic carbocycles. The lowest BCUT2D eigenvalue weighted by Crippen LogP contribution is -2.21. The molecule has 1 aliphatic rings. The van der Waals surface area contributed by atoms with Crippen LogP contribution in [0.25, 0.3) is 10.9 Å². The van der Waals surface area contributed by atoms with Crippen molar-refractivity contribution < 1.29 is 18.3 Å². The fourth-order valence-corrected chi connectivity index (χ4v) is 4.53. The molecular formula is C26H27F2N7O2. The van der Waals surface area contributed by atoms with Crippen LogP contribution in [0.1, 0.15) is 19.3 Å². The maximum Gasteiger partial charge on any atom is 0.239 e. The topological polar surface area (TPSA) is 102 Å². The lowest BCUT2D eigenvalue weighted by molar-refractivity contribution is -0.118. The zero-order valence-electron chi connectivity index (χ0n) is 20.2. The van der Waals surface area contributed by atoms with Crippen LogP contribution in [0, 0.1) is 11.6 Å². The molecule has 192 valence electrons. The van der Waals surface area contributed by atoms with E-state index < -0.39 is 17.5 Å². The van der Waals surface area contributed by atoms with Crippen molar-refractivity contribution in [2.45, 2.75) is 25.8 Å². The predicted molar refractivity (Wildman–Crippen MR) is 135 cm³/mol. The van der Waals surface area contributed by atoms with Gasteiger partial charge in [-0.1, -0.05) is 6.07 Å². The molecule has 11 heteroatoms. The summed E-state index contributed by atoms with van der Waals surface area (Å²) in [6.07, 6.45) is 7.74. The second kappa shape index (κ2) is 10.9. The number of amides is 1. The van der Waals surface area contributed by atoms with Crippen molar-refractivity contribution in [1.29, 1.82) is 0 Å². The van der Waals surface area contributed by atoms with Gasteiger partial charge in [-0.25, -0.2) is 18.7 Å². The minimum Gasteiger partial charge on any atom is -0.493 e. The number of nitrogens with zero attached hydrogens (tertiary/aromatic N) is 6. The van der Waals surface area contributed by atoms with Crippen LogP contribution in [0.2, 0.25) is 0 Å². The first-order valence-corrected chi connectivity index (χ1v) is 12.1. The van der Waals surface area contributed by atoms with Crippen molar-refractivity contribution in [3.8, 4) is 5.75 Å². The van der Waals surface area contributed by atoms with Gasteiger partial charge in [0.25, 0.3) is 0 Å². The molecule has 0 atom stereocenters. The quantitative estimate of drug-likeness (QED) is 0.325. The molecule has 0 radical (unpaired) electrons. The maximum absolute atomic E-state index is 15.0. The highest BCUT2D eigenvalue weighted by Crippen LogP contribution is 2.39. The van der Waals surface area contributed by atoms with Gasteiger partial charge in [0.15, 0.2) is 11.6 Å². The number of carbonyl (C=O) groups excluding carboxylic acids is 1. The van der Waals surface area contributed by atoms with Gasteiger partial charge in [0.2, 0.25) is 5.91 Å². The smallest absolute Gasteiger partial charge is 0.239 e. The van der Waals surface area contributed by atoms with Gasteiger partial charge in [0.05, 0.1) is 29.7 Å². The number of anilines is 3. The highest BCUT2D eigenvalue weighted by atomic mass is 19.2. The summed E-state index contributed by atoms with van der Waals surface area (Å²) in [5.41, 5.74) is 6.16. The number of hydrogen-bond donors (Lipinski definition) is 1. The Balaban J connectivity index is 1.46. The Morgan fingerprint density at radius 1 is 1.14 bits per heavy atom. The summed E-state index contributed by atoms with van der Waals surface area (Å²) in [5.74, 6) is -1.66. The number of rotatable bonds is 10. The Morgan fingerprint density at radius 3 is 2.78 bits per heavy atom. The van der Waals surface area contributed by atoms with Crippen LogP contribution in [0.4, 0.5) is 26.0 Å². The summed E-state index contributed by atoms with van der Waals surface area (Å²) in [6, 6.07) is 9.29. The number of primary amides is 1. The summed E-state index contributed by atoms with van der Waals surface area (Å²) in [7, 11) is 0. The first kappa shape index (κ1) is 24.6. The molecule has 0 unspecified atom stereocenters. The maximum atomic E-state index is 15.0. The number of fused-ring (bicyclic) bond motifs is 1. The number of halogens is 2. The molecule has 0 spiro atoms. The zero-order valence-corrected chi connectivity index (χ0v) is 20.2. The van der Waals surface area contributed by atoms with E-state index in [0.717, 1.165) is 32.1 Å². The predicted octanol–water partition coefficient (Wildman–Crippen LogP) is 3.92. The molecule has 4 aromatic rings. The van der Waals surface area contributed by atoms with Gasteiger partial charge in [0.1, 0.15) is 24.4 Å². The largest absolute Gasteiger partial charge is 0.493 e.